The Morgan fingerprint density at radius 1 is 1.04 bits per heavy atom. The van der Waals surface area contributed by atoms with Crippen molar-refractivity contribution in [1.29, 1.82) is 0 Å². The Labute approximate surface area is 136 Å². The first-order chi connectivity index (χ1) is 11.2. The van der Waals surface area contributed by atoms with Gasteiger partial charge in [-0.1, -0.05) is 26.7 Å². The van der Waals surface area contributed by atoms with Gasteiger partial charge < -0.3 is 4.42 Å². The first kappa shape index (κ1) is 14.4. The van der Waals surface area contributed by atoms with Crippen LogP contribution in [0, 0.1) is 0 Å². The Kier molecular flexibility index (Phi) is 3.60. The van der Waals surface area contributed by atoms with Crippen molar-refractivity contribution in [2.75, 3.05) is 0 Å². The quantitative estimate of drug-likeness (QED) is 0.678. The Balaban J connectivity index is 1.73. The van der Waals surface area contributed by atoms with Gasteiger partial charge in [0.05, 0.1) is 6.20 Å². The molecule has 4 heteroatoms. The van der Waals surface area contributed by atoms with E-state index in [1.165, 1.54) is 25.7 Å². The van der Waals surface area contributed by atoms with Crippen LogP contribution in [0.4, 0.5) is 0 Å². The summed E-state index contributed by atoms with van der Waals surface area (Å²) in [5.41, 5.74) is 3.46. The molecule has 1 aliphatic carbocycles. The maximum Gasteiger partial charge on any atom is 0.179 e. The minimum Gasteiger partial charge on any atom is -0.459 e. The molecule has 3 heterocycles. The fourth-order valence-corrected chi connectivity index (χ4v) is 3.28. The fourth-order valence-electron chi connectivity index (χ4n) is 3.28. The molecule has 0 spiro atoms. The second-order valence-electron chi connectivity index (χ2n) is 6.67. The van der Waals surface area contributed by atoms with Crippen molar-refractivity contribution in [3.8, 4) is 11.5 Å². The zero-order valence-corrected chi connectivity index (χ0v) is 13.6. The molecule has 1 aliphatic rings. The van der Waals surface area contributed by atoms with E-state index in [0.717, 1.165) is 34.1 Å². The van der Waals surface area contributed by atoms with E-state index in [-0.39, 0.29) is 0 Å². The van der Waals surface area contributed by atoms with Crippen molar-refractivity contribution in [2.24, 2.45) is 0 Å². The summed E-state index contributed by atoms with van der Waals surface area (Å²) in [7, 11) is 0. The SMILES string of the molecule is CC(C)c1ccc(-c2cnc3ccc(C4CCCC4)nc3n2)o1. The predicted molar refractivity (Wildman–Crippen MR) is 90.3 cm³/mol. The summed E-state index contributed by atoms with van der Waals surface area (Å²) >= 11 is 0. The summed E-state index contributed by atoms with van der Waals surface area (Å²) in [6, 6.07) is 8.12. The lowest BCUT2D eigenvalue weighted by Crippen LogP contribution is -1.99. The maximum atomic E-state index is 5.88. The highest BCUT2D eigenvalue weighted by Crippen LogP contribution is 2.33. The predicted octanol–water partition coefficient (Wildman–Crippen LogP) is 5.07. The number of fused-ring (bicyclic) bond motifs is 1. The lowest BCUT2D eigenvalue weighted by molar-refractivity contribution is 0.497. The highest BCUT2D eigenvalue weighted by molar-refractivity contribution is 5.72. The molecule has 118 valence electrons. The molecule has 3 aromatic heterocycles. The smallest absolute Gasteiger partial charge is 0.179 e. The molecule has 0 bridgehead atoms. The van der Waals surface area contributed by atoms with Gasteiger partial charge in [0.2, 0.25) is 0 Å². The van der Waals surface area contributed by atoms with E-state index in [0.29, 0.717) is 11.8 Å². The Morgan fingerprint density at radius 3 is 2.61 bits per heavy atom. The number of hydrogen-bond acceptors (Lipinski definition) is 4. The number of aromatic nitrogens is 3. The number of pyridine rings is 1. The summed E-state index contributed by atoms with van der Waals surface area (Å²) in [6.45, 7) is 4.23. The van der Waals surface area contributed by atoms with Crippen LogP contribution in [-0.2, 0) is 0 Å². The van der Waals surface area contributed by atoms with Crippen LogP contribution in [0.2, 0.25) is 0 Å². The maximum absolute atomic E-state index is 5.88. The number of rotatable bonds is 3. The van der Waals surface area contributed by atoms with Crippen LogP contribution >= 0.6 is 0 Å². The van der Waals surface area contributed by atoms with Gasteiger partial charge in [-0.15, -0.1) is 0 Å². The Morgan fingerprint density at radius 2 is 1.87 bits per heavy atom. The molecule has 0 aromatic carbocycles. The summed E-state index contributed by atoms with van der Waals surface area (Å²) in [4.78, 5) is 13.9. The van der Waals surface area contributed by atoms with Gasteiger partial charge in [-0.05, 0) is 37.1 Å². The summed E-state index contributed by atoms with van der Waals surface area (Å²) in [5, 5.41) is 0. The summed E-state index contributed by atoms with van der Waals surface area (Å²) < 4.78 is 5.88. The lowest BCUT2D eigenvalue weighted by atomic mass is 10.0. The van der Waals surface area contributed by atoms with Crippen LogP contribution in [0.3, 0.4) is 0 Å². The molecule has 0 aliphatic heterocycles. The average Bonchev–Trinajstić information content (AvgIpc) is 3.25. The Hall–Kier alpha value is -2.23. The zero-order valence-electron chi connectivity index (χ0n) is 13.6. The summed E-state index contributed by atoms with van der Waals surface area (Å²) in [6.07, 6.45) is 6.85. The molecule has 3 aromatic rings. The topological polar surface area (TPSA) is 51.8 Å². The van der Waals surface area contributed by atoms with Gasteiger partial charge in [-0.25, -0.2) is 9.97 Å². The van der Waals surface area contributed by atoms with E-state index in [1.54, 1.807) is 6.20 Å². The normalized spacial score (nSPS) is 15.8. The van der Waals surface area contributed by atoms with Crippen LogP contribution in [0.1, 0.15) is 62.8 Å². The summed E-state index contributed by atoms with van der Waals surface area (Å²) in [5.74, 6) is 2.68. The molecule has 0 atom stereocenters. The number of hydrogen-bond donors (Lipinski definition) is 0. The molecule has 1 saturated carbocycles. The second-order valence-corrected chi connectivity index (χ2v) is 6.67. The van der Waals surface area contributed by atoms with Crippen LogP contribution < -0.4 is 0 Å². The highest BCUT2D eigenvalue weighted by Gasteiger charge is 2.19. The molecule has 0 saturated heterocycles. The van der Waals surface area contributed by atoms with E-state index in [2.05, 4.69) is 29.9 Å². The van der Waals surface area contributed by atoms with Crippen molar-refractivity contribution in [3.63, 3.8) is 0 Å². The first-order valence-electron chi connectivity index (χ1n) is 8.44. The molecule has 23 heavy (non-hydrogen) atoms. The third kappa shape index (κ3) is 2.74. The Bertz CT molecular complexity index is 832. The van der Waals surface area contributed by atoms with Crippen molar-refractivity contribution < 1.29 is 4.42 Å². The van der Waals surface area contributed by atoms with Gasteiger partial charge in [0, 0.05) is 17.5 Å². The van der Waals surface area contributed by atoms with Gasteiger partial charge in [0.25, 0.3) is 0 Å². The van der Waals surface area contributed by atoms with E-state index in [4.69, 9.17) is 9.40 Å². The second kappa shape index (κ2) is 5.76. The van der Waals surface area contributed by atoms with Crippen LogP contribution in [0.25, 0.3) is 22.6 Å². The number of furan rings is 1. The van der Waals surface area contributed by atoms with E-state index in [1.807, 2.05) is 18.2 Å². The minimum atomic E-state index is 0.365. The molecular weight excluding hydrogens is 286 g/mol. The third-order valence-electron chi connectivity index (χ3n) is 4.65. The van der Waals surface area contributed by atoms with Gasteiger partial charge in [-0.3, -0.25) is 4.98 Å². The lowest BCUT2D eigenvalue weighted by Gasteiger charge is -2.08. The van der Waals surface area contributed by atoms with Gasteiger partial charge in [-0.2, -0.15) is 0 Å². The van der Waals surface area contributed by atoms with Crippen LogP contribution in [0.5, 0.6) is 0 Å². The van der Waals surface area contributed by atoms with Crippen LogP contribution in [0.15, 0.2) is 34.9 Å². The van der Waals surface area contributed by atoms with Crippen molar-refractivity contribution in [3.05, 3.63) is 41.9 Å². The van der Waals surface area contributed by atoms with E-state index >= 15 is 0 Å². The standard InChI is InChI=1S/C19H21N3O/c1-12(2)17-9-10-18(23-17)16-11-20-15-8-7-14(21-19(15)22-16)13-5-3-4-6-13/h7-13H,3-6H2,1-2H3. The monoisotopic (exact) mass is 307 g/mol. The van der Waals surface area contributed by atoms with Crippen LogP contribution in [-0.4, -0.2) is 15.0 Å². The molecule has 0 radical (unpaired) electrons. The largest absolute Gasteiger partial charge is 0.459 e. The van der Waals surface area contributed by atoms with Gasteiger partial charge in [0.15, 0.2) is 11.4 Å². The van der Waals surface area contributed by atoms with E-state index < -0.39 is 0 Å². The first-order valence-corrected chi connectivity index (χ1v) is 8.44. The molecule has 0 amide bonds. The van der Waals surface area contributed by atoms with Gasteiger partial charge in [0.1, 0.15) is 17.0 Å². The van der Waals surface area contributed by atoms with Crippen molar-refractivity contribution >= 4 is 11.2 Å². The van der Waals surface area contributed by atoms with Gasteiger partial charge >= 0.3 is 0 Å². The molecule has 4 rings (SSSR count). The number of nitrogens with zero attached hydrogens (tertiary/aromatic N) is 3. The zero-order chi connectivity index (χ0) is 15.8. The van der Waals surface area contributed by atoms with E-state index in [9.17, 15) is 0 Å². The molecule has 0 unspecified atom stereocenters. The minimum absolute atomic E-state index is 0.365. The fraction of sp³-hybridized carbons (Fsp3) is 0.421. The molecule has 0 N–H and O–H groups in total. The molecular formula is C19H21N3O. The van der Waals surface area contributed by atoms with Crippen molar-refractivity contribution in [1.82, 2.24) is 15.0 Å². The third-order valence-corrected chi connectivity index (χ3v) is 4.65. The molecule has 1 fully saturated rings. The molecule has 4 nitrogen and oxygen atoms in total. The average molecular weight is 307 g/mol. The van der Waals surface area contributed by atoms with Crippen molar-refractivity contribution in [2.45, 2.75) is 51.4 Å². The highest BCUT2D eigenvalue weighted by atomic mass is 16.3.